The number of anilines is 1. The molecule has 0 aliphatic rings. The van der Waals surface area contributed by atoms with Crippen LogP contribution in [0.15, 0.2) is 0 Å². The first-order chi connectivity index (χ1) is 7.81. The molecule has 1 rings (SSSR count). The van der Waals surface area contributed by atoms with Crippen molar-refractivity contribution in [3.05, 3.63) is 15.1 Å². The summed E-state index contributed by atoms with van der Waals surface area (Å²) in [7, 11) is 1.91. The van der Waals surface area contributed by atoms with Crippen molar-refractivity contribution in [2.24, 2.45) is 0 Å². The van der Waals surface area contributed by atoms with Crippen LogP contribution in [0.4, 0.5) is 5.82 Å². The highest BCUT2D eigenvalue weighted by Gasteiger charge is 2.23. The fraction of sp³-hybridized carbons (Fsp3) is 0.692. The molecule has 1 atom stereocenters. The molecule has 0 fully saturated rings. The third kappa shape index (κ3) is 3.30. The summed E-state index contributed by atoms with van der Waals surface area (Å²) in [4.78, 5) is 9.37. The van der Waals surface area contributed by atoms with Gasteiger partial charge in [0.25, 0.3) is 0 Å². The van der Waals surface area contributed by atoms with Crippen molar-refractivity contribution in [3.8, 4) is 0 Å². The maximum Gasteiger partial charge on any atom is 0.143 e. The standard InChI is InChI=1S/C13H22IN3/c1-7-8(2)11-16-10(13(3,4)5)9(14)12(15-6)17-11/h8H,7H2,1-6H3,(H,15,16,17). The first-order valence-corrected chi connectivity index (χ1v) is 7.14. The summed E-state index contributed by atoms with van der Waals surface area (Å²) in [5, 5.41) is 3.17. The SMILES string of the molecule is CCC(C)c1nc(NC)c(I)c(C(C)(C)C)n1. The van der Waals surface area contributed by atoms with Crippen LogP contribution in [0.3, 0.4) is 0 Å². The molecule has 0 amide bonds. The minimum absolute atomic E-state index is 0.0489. The first-order valence-electron chi connectivity index (χ1n) is 6.06. The minimum Gasteiger partial charge on any atom is -0.372 e. The molecule has 0 saturated carbocycles. The molecule has 3 nitrogen and oxygen atoms in total. The maximum absolute atomic E-state index is 4.76. The molecule has 96 valence electrons. The van der Waals surface area contributed by atoms with E-state index in [9.17, 15) is 0 Å². The molecule has 0 aliphatic carbocycles. The van der Waals surface area contributed by atoms with Crippen LogP contribution in [0.1, 0.15) is 58.5 Å². The van der Waals surface area contributed by atoms with E-state index in [1.165, 1.54) is 0 Å². The minimum atomic E-state index is 0.0489. The summed E-state index contributed by atoms with van der Waals surface area (Å²) < 4.78 is 1.13. The van der Waals surface area contributed by atoms with Gasteiger partial charge in [-0.05, 0) is 29.0 Å². The maximum atomic E-state index is 4.76. The van der Waals surface area contributed by atoms with E-state index in [-0.39, 0.29) is 5.41 Å². The average molecular weight is 347 g/mol. The van der Waals surface area contributed by atoms with Gasteiger partial charge >= 0.3 is 0 Å². The van der Waals surface area contributed by atoms with Crippen LogP contribution < -0.4 is 5.32 Å². The van der Waals surface area contributed by atoms with Gasteiger partial charge in [-0.15, -0.1) is 0 Å². The number of halogens is 1. The second-order valence-corrected chi connectivity index (χ2v) is 6.48. The van der Waals surface area contributed by atoms with Gasteiger partial charge in [0.15, 0.2) is 0 Å². The summed E-state index contributed by atoms with van der Waals surface area (Å²) in [5.41, 5.74) is 1.18. The molecular formula is C13H22IN3. The fourth-order valence-electron chi connectivity index (χ4n) is 1.53. The van der Waals surface area contributed by atoms with E-state index in [0.29, 0.717) is 5.92 Å². The van der Waals surface area contributed by atoms with Crippen LogP contribution in [0.2, 0.25) is 0 Å². The molecule has 1 aromatic heterocycles. The van der Waals surface area contributed by atoms with Gasteiger partial charge in [0, 0.05) is 18.4 Å². The van der Waals surface area contributed by atoms with E-state index >= 15 is 0 Å². The smallest absolute Gasteiger partial charge is 0.143 e. The lowest BCUT2D eigenvalue weighted by molar-refractivity contribution is 0.550. The predicted molar refractivity (Wildman–Crippen MR) is 81.7 cm³/mol. The van der Waals surface area contributed by atoms with E-state index in [4.69, 9.17) is 4.98 Å². The lowest BCUT2D eigenvalue weighted by Gasteiger charge is -2.22. The van der Waals surface area contributed by atoms with Gasteiger partial charge in [-0.25, -0.2) is 9.97 Å². The van der Waals surface area contributed by atoms with Gasteiger partial charge in [0.1, 0.15) is 11.6 Å². The Morgan fingerprint density at radius 3 is 2.29 bits per heavy atom. The third-order valence-corrected chi connectivity index (χ3v) is 3.89. The number of nitrogens with zero attached hydrogens (tertiary/aromatic N) is 2. The lowest BCUT2D eigenvalue weighted by atomic mass is 9.91. The van der Waals surface area contributed by atoms with Gasteiger partial charge in [0.05, 0.1) is 9.26 Å². The Labute approximate surface area is 118 Å². The summed E-state index contributed by atoms with van der Waals surface area (Å²) in [6, 6.07) is 0. The Morgan fingerprint density at radius 2 is 1.88 bits per heavy atom. The van der Waals surface area contributed by atoms with Gasteiger partial charge in [-0.3, -0.25) is 0 Å². The Balaban J connectivity index is 3.39. The zero-order chi connectivity index (χ0) is 13.2. The number of nitrogens with one attached hydrogen (secondary N) is 1. The fourth-order valence-corrected chi connectivity index (χ4v) is 2.85. The predicted octanol–water partition coefficient (Wildman–Crippen LogP) is 3.93. The van der Waals surface area contributed by atoms with Crippen LogP contribution in [0.25, 0.3) is 0 Å². The average Bonchev–Trinajstić information content (AvgIpc) is 2.26. The molecule has 0 radical (unpaired) electrons. The second-order valence-electron chi connectivity index (χ2n) is 5.40. The van der Waals surface area contributed by atoms with Crippen molar-refractivity contribution in [2.45, 2.75) is 52.4 Å². The Morgan fingerprint density at radius 1 is 1.29 bits per heavy atom. The van der Waals surface area contributed by atoms with Crippen LogP contribution >= 0.6 is 22.6 Å². The van der Waals surface area contributed by atoms with Crippen molar-refractivity contribution >= 4 is 28.4 Å². The molecule has 1 aromatic rings. The molecule has 0 aromatic carbocycles. The summed E-state index contributed by atoms with van der Waals surface area (Å²) >= 11 is 2.33. The molecule has 1 heterocycles. The number of rotatable bonds is 3. The Bertz CT molecular complexity index is 396. The van der Waals surface area contributed by atoms with Crippen LogP contribution in [0.5, 0.6) is 0 Å². The van der Waals surface area contributed by atoms with Crippen molar-refractivity contribution in [2.75, 3.05) is 12.4 Å². The third-order valence-electron chi connectivity index (χ3n) is 2.87. The van der Waals surface area contributed by atoms with Crippen molar-refractivity contribution < 1.29 is 0 Å². The molecule has 0 spiro atoms. The zero-order valence-corrected chi connectivity index (χ0v) is 13.7. The summed E-state index contributed by atoms with van der Waals surface area (Å²) in [5.74, 6) is 2.29. The first kappa shape index (κ1) is 14.7. The second kappa shape index (κ2) is 5.50. The monoisotopic (exact) mass is 347 g/mol. The Hall–Kier alpha value is -0.390. The summed E-state index contributed by atoms with van der Waals surface area (Å²) in [6.07, 6.45) is 1.06. The van der Waals surface area contributed by atoms with Crippen LogP contribution in [-0.4, -0.2) is 17.0 Å². The van der Waals surface area contributed by atoms with Crippen LogP contribution in [-0.2, 0) is 5.41 Å². The van der Waals surface area contributed by atoms with Gasteiger partial charge in [-0.1, -0.05) is 34.6 Å². The molecule has 0 bridgehead atoms. The zero-order valence-electron chi connectivity index (χ0n) is 11.6. The molecule has 0 saturated heterocycles. The molecule has 0 aliphatic heterocycles. The Kier molecular flexibility index (Phi) is 4.75. The van der Waals surface area contributed by atoms with Crippen molar-refractivity contribution in [1.29, 1.82) is 0 Å². The highest BCUT2D eigenvalue weighted by molar-refractivity contribution is 14.1. The molecule has 4 heteroatoms. The molecular weight excluding hydrogens is 325 g/mol. The van der Waals surface area contributed by atoms with Gasteiger partial charge in [-0.2, -0.15) is 0 Å². The highest BCUT2D eigenvalue weighted by Crippen LogP contribution is 2.30. The summed E-state index contributed by atoms with van der Waals surface area (Å²) in [6.45, 7) is 10.9. The molecule has 1 unspecified atom stereocenters. The van der Waals surface area contributed by atoms with E-state index < -0.39 is 0 Å². The number of aromatic nitrogens is 2. The lowest BCUT2D eigenvalue weighted by Crippen LogP contribution is -2.20. The number of hydrogen-bond acceptors (Lipinski definition) is 3. The largest absolute Gasteiger partial charge is 0.372 e. The van der Waals surface area contributed by atoms with Crippen molar-refractivity contribution in [3.63, 3.8) is 0 Å². The van der Waals surface area contributed by atoms with E-state index in [0.717, 1.165) is 27.3 Å². The number of hydrogen-bond donors (Lipinski definition) is 1. The van der Waals surface area contributed by atoms with E-state index in [1.54, 1.807) is 0 Å². The topological polar surface area (TPSA) is 37.8 Å². The quantitative estimate of drug-likeness (QED) is 0.842. The van der Waals surface area contributed by atoms with E-state index in [1.807, 2.05) is 7.05 Å². The van der Waals surface area contributed by atoms with Crippen molar-refractivity contribution in [1.82, 2.24) is 9.97 Å². The normalized spacial score (nSPS) is 13.6. The van der Waals surface area contributed by atoms with E-state index in [2.05, 4.69) is 67.5 Å². The van der Waals surface area contributed by atoms with Crippen LogP contribution in [0, 0.1) is 3.57 Å². The molecule has 17 heavy (non-hydrogen) atoms. The van der Waals surface area contributed by atoms with Gasteiger partial charge in [0.2, 0.25) is 0 Å². The molecule has 1 N–H and O–H groups in total. The highest BCUT2D eigenvalue weighted by atomic mass is 127. The van der Waals surface area contributed by atoms with Gasteiger partial charge < -0.3 is 5.32 Å².